The number of rotatable bonds is 3. The highest BCUT2D eigenvalue weighted by atomic mass is 35.5. The van der Waals surface area contributed by atoms with E-state index in [1.165, 1.54) is 0 Å². The Morgan fingerprint density at radius 2 is 1.82 bits per heavy atom. The molecule has 0 unspecified atom stereocenters. The van der Waals surface area contributed by atoms with Gasteiger partial charge in [0, 0.05) is 5.02 Å². The second kappa shape index (κ2) is 5.11. The largest absolute Gasteiger partial charge is 0.508 e. The van der Waals surface area contributed by atoms with Crippen molar-refractivity contribution in [3.63, 3.8) is 0 Å². The van der Waals surface area contributed by atoms with Crippen LogP contribution < -0.4 is 4.74 Å². The Morgan fingerprint density at radius 1 is 1.12 bits per heavy atom. The minimum Gasteiger partial charge on any atom is -0.508 e. The summed E-state index contributed by atoms with van der Waals surface area (Å²) in [5.41, 5.74) is 2.05. The standard InChI is InChI=1S/C14H13ClO2/c1-10-2-5-12(15)8-14(10)17-9-11-3-6-13(16)7-4-11/h2-8,16H,9H2,1H3. The van der Waals surface area contributed by atoms with E-state index in [-0.39, 0.29) is 5.75 Å². The van der Waals surface area contributed by atoms with Gasteiger partial charge in [0.15, 0.2) is 0 Å². The Hall–Kier alpha value is -1.67. The van der Waals surface area contributed by atoms with Crippen LogP contribution >= 0.6 is 11.6 Å². The van der Waals surface area contributed by atoms with Crippen molar-refractivity contribution in [3.8, 4) is 11.5 Å². The smallest absolute Gasteiger partial charge is 0.124 e. The summed E-state index contributed by atoms with van der Waals surface area (Å²) in [6, 6.07) is 12.5. The first-order valence-corrected chi connectivity index (χ1v) is 5.70. The second-order valence-electron chi connectivity index (χ2n) is 3.86. The normalized spacial score (nSPS) is 10.2. The summed E-state index contributed by atoms with van der Waals surface area (Å²) in [7, 11) is 0. The van der Waals surface area contributed by atoms with Crippen molar-refractivity contribution in [1.29, 1.82) is 0 Å². The number of phenols is 1. The molecule has 0 spiro atoms. The monoisotopic (exact) mass is 248 g/mol. The van der Waals surface area contributed by atoms with Gasteiger partial charge in [0.2, 0.25) is 0 Å². The molecule has 1 N–H and O–H groups in total. The van der Waals surface area contributed by atoms with Crippen LogP contribution in [0.5, 0.6) is 11.5 Å². The van der Waals surface area contributed by atoms with Crippen LogP contribution in [0.3, 0.4) is 0 Å². The molecule has 2 aromatic carbocycles. The van der Waals surface area contributed by atoms with Crippen LogP contribution in [-0.2, 0) is 6.61 Å². The summed E-state index contributed by atoms with van der Waals surface area (Å²) >= 11 is 5.91. The molecule has 88 valence electrons. The predicted octanol–water partition coefficient (Wildman–Crippen LogP) is 3.93. The van der Waals surface area contributed by atoms with Gasteiger partial charge in [-0.2, -0.15) is 0 Å². The van der Waals surface area contributed by atoms with E-state index in [4.69, 9.17) is 21.4 Å². The lowest BCUT2D eigenvalue weighted by Gasteiger charge is -2.09. The van der Waals surface area contributed by atoms with E-state index in [1.807, 2.05) is 31.2 Å². The van der Waals surface area contributed by atoms with Gasteiger partial charge in [-0.25, -0.2) is 0 Å². The fourth-order valence-corrected chi connectivity index (χ4v) is 1.64. The summed E-state index contributed by atoms with van der Waals surface area (Å²) in [4.78, 5) is 0. The van der Waals surface area contributed by atoms with Crippen molar-refractivity contribution in [2.45, 2.75) is 13.5 Å². The molecule has 0 bridgehead atoms. The Morgan fingerprint density at radius 3 is 2.53 bits per heavy atom. The Labute approximate surface area is 105 Å². The van der Waals surface area contributed by atoms with Crippen molar-refractivity contribution >= 4 is 11.6 Å². The molecule has 0 radical (unpaired) electrons. The average molecular weight is 249 g/mol. The first-order chi connectivity index (χ1) is 8.15. The number of aromatic hydroxyl groups is 1. The van der Waals surface area contributed by atoms with Crippen LogP contribution in [0.1, 0.15) is 11.1 Å². The number of halogens is 1. The van der Waals surface area contributed by atoms with E-state index in [9.17, 15) is 0 Å². The maximum atomic E-state index is 9.16. The van der Waals surface area contributed by atoms with Gasteiger partial charge in [-0.3, -0.25) is 0 Å². The molecule has 0 amide bonds. The van der Waals surface area contributed by atoms with Crippen molar-refractivity contribution in [2.24, 2.45) is 0 Å². The zero-order chi connectivity index (χ0) is 12.3. The molecule has 2 aromatic rings. The molecule has 0 aliphatic rings. The number of aryl methyl sites for hydroxylation is 1. The molecule has 0 aromatic heterocycles. The lowest BCUT2D eigenvalue weighted by atomic mass is 10.2. The van der Waals surface area contributed by atoms with Crippen molar-refractivity contribution in [1.82, 2.24) is 0 Å². The zero-order valence-corrected chi connectivity index (χ0v) is 10.2. The molecule has 0 fully saturated rings. The predicted molar refractivity (Wildman–Crippen MR) is 68.6 cm³/mol. The molecular formula is C14H13ClO2. The minimum atomic E-state index is 0.257. The van der Waals surface area contributed by atoms with Gasteiger partial charge in [-0.1, -0.05) is 29.8 Å². The molecule has 0 heterocycles. The number of benzene rings is 2. The maximum absolute atomic E-state index is 9.16. The summed E-state index contributed by atoms with van der Waals surface area (Å²) in [5.74, 6) is 1.04. The Balaban J connectivity index is 2.07. The lowest BCUT2D eigenvalue weighted by molar-refractivity contribution is 0.304. The third-order valence-electron chi connectivity index (χ3n) is 2.48. The first kappa shape index (κ1) is 11.8. The summed E-state index contributed by atoms with van der Waals surface area (Å²) < 4.78 is 5.68. The lowest BCUT2D eigenvalue weighted by Crippen LogP contribution is -1.96. The van der Waals surface area contributed by atoms with Gasteiger partial charge in [0.25, 0.3) is 0 Å². The Bertz CT molecular complexity index is 506. The number of phenolic OH excluding ortho intramolecular Hbond substituents is 1. The van der Waals surface area contributed by atoms with Gasteiger partial charge in [-0.05, 0) is 42.3 Å². The van der Waals surface area contributed by atoms with Gasteiger partial charge >= 0.3 is 0 Å². The van der Waals surface area contributed by atoms with Gasteiger partial charge in [0.05, 0.1) is 0 Å². The van der Waals surface area contributed by atoms with E-state index in [0.29, 0.717) is 11.6 Å². The van der Waals surface area contributed by atoms with E-state index in [1.54, 1.807) is 18.2 Å². The van der Waals surface area contributed by atoms with Crippen LogP contribution in [0.25, 0.3) is 0 Å². The fraction of sp³-hybridized carbons (Fsp3) is 0.143. The van der Waals surface area contributed by atoms with E-state index in [2.05, 4.69) is 0 Å². The Kier molecular flexibility index (Phi) is 3.55. The molecule has 17 heavy (non-hydrogen) atoms. The van der Waals surface area contributed by atoms with Crippen LogP contribution in [0.15, 0.2) is 42.5 Å². The van der Waals surface area contributed by atoms with Crippen LogP contribution in [0.2, 0.25) is 5.02 Å². The highest BCUT2D eigenvalue weighted by Crippen LogP contribution is 2.23. The van der Waals surface area contributed by atoms with Gasteiger partial charge in [-0.15, -0.1) is 0 Å². The van der Waals surface area contributed by atoms with Crippen LogP contribution in [0.4, 0.5) is 0 Å². The van der Waals surface area contributed by atoms with Crippen LogP contribution in [0, 0.1) is 6.92 Å². The third kappa shape index (κ3) is 3.14. The zero-order valence-electron chi connectivity index (χ0n) is 9.48. The molecule has 3 heteroatoms. The first-order valence-electron chi connectivity index (χ1n) is 5.32. The maximum Gasteiger partial charge on any atom is 0.124 e. The highest BCUT2D eigenvalue weighted by molar-refractivity contribution is 6.30. The SMILES string of the molecule is Cc1ccc(Cl)cc1OCc1ccc(O)cc1. The third-order valence-corrected chi connectivity index (χ3v) is 2.72. The second-order valence-corrected chi connectivity index (χ2v) is 4.30. The van der Waals surface area contributed by atoms with E-state index < -0.39 is 0 Å². The summed E-state index contributed by atoms with van der Waals surface area (Å²) in [6.07, 6.45) is 0. The molecule has 2 rings (SSSR count). The van der Waals surface area contributed by atoms with Gasteiger partial charge < -0.3 is 9.84 Å². The summed E-state index contributed by atoms with van der Waals surface area (Å²) in [5, 5.41) is 9.83. The fourth-order valence-electron chi connectivity index (χ4n) is 1.48. The van der Waals surface area contributed by atoms with Gasteiger partial charge in [0.1, 0.15) is 18.1 Å². The van der Waals surface area contributed by atoms with Crippen LogP contribution in [-0.4, -0.2) is 5.11 Å². The molecule has 0 saturated heterocycles. The molecule has 0 saturated carbocycles. The van der Waals surface area contributed by atoms with E-state index in [0.717, 1.165) is 16.9 Å². The number of hydrogen-bond acceptors (Lipinski definition) is 2. The number of ether oxygens (including phenoxy) is 1. The molecule has 0 aliphatic carbocycles. The molecule has 0 aliphatic heterocycles. The van der Waals surface area contributed by atoms with E-state index >= 15 is 0 Å². The minimum absolute atomic E-state index is 0.257. The molecular weight excluding hydrogens is 236 g/mol. The topological polar surface area (TPSA) is 29.5 Å². The van der Waals surface area contributed by atoms with Crippen molar-refractivity contribution in [2.75, 3.05) is 0 Å². The van der Waals surface area contributed by atoms with Crippen molar-refractivity contribution in [3.05, 3.63) is 58.6 Å². The summed E-state index contributed by atoms with van der Waals surface area (Å²) in [6.45, 7) is 2.43. The number of hydrogen-bond donors (Lipinski definition) is 1. The highest BCUT2D eigenvalue weighted by Gasteiger charge is 2.01. The quantitative estimate of drug-likeness (QED) is 0.892. The van der Waals surface area contributed by atoms with Crippen molar-refractivity contribution < 1.29 is 9.84 Å². The molecule has 2 nitrogen and oxygen atoms in total. The molecule has 0 atom stereocenters. The average Bonchev–Trinajstić information content (AvgIpc) is 2.32.